The lowest BCUT2D eigenvalue weighted by Gasteiger charge is -2.14. The van der Waals surface area contributed by atoms with Crippen LogP contribution in [0.25, 0.3) is 10.8 Å². The molecule has 0 bridgehead atoms. The van der Waals surface area contributed by atoms with Crippen LogP contribution in [0.5, 0.6) is 5.75 Å². The van der Waals surface area contributed by atoms with Crippen LogP contribution in [-0.2, 0) is 6.42 Å². The summed E-state index contributed by atoms with van der Waals surface area (Å²) in [5, 5.41) is 2.42. The number of benzene rings is 2. The highest BCUT2D eigenvalue weighted by atomic mass is 79.9. The monoisotopic (exact) mass is 305 g/mol. The first-order valence-corrected chi connectivity index (χ1v) is 6.94. The third-order valence-corrected chi connectivity index (χ3v) is 4.13. The van der Waals surface area contributed by atoms with Gasteiger partial charge in [-0.1, -0.05) is 22.0 Å². The third kappa shape index (κ3) is 2.25. The summed E-state index contributed by atoms with van der Waals surface area (Å²) in [5.74, 6) is 0.946. The average Bonchev–Trinajstić information content (AvgIpc) is 3.06. The molecule has 1 aliphatic rings. The van der Waals surface area contributed by atoms with Crippen molar-refractivity contribution in [1.29, 1.82) is 0 Å². The van der Waals surface area contributed by atoms with Crippen LogP contribution in [-0.4, -0.2) is 12.6 Å². The number of nitrogens with two attached hydrogens (primary N) is 1. The summed E-state index contributed by atoms with van der Waals surface area (Å²) in [4.78, 5) is 0. The van der Waals surface area contributed by atoms with Gasteiger partial charge in [-0.2, -0.15) is 0 Å². The van der Waals surface area contributed by atoms with Crippen molar-refractivity contribution in [3.63, 3.8) is 0 Å². The van der Waals surface area contributed by atoms with Crippen LogP contribution in [0.4, 0.5) is 0 Å². The first-order valence-electron chi connectivity index (χ1n) is 6.15. The van der Waals surface area contributed by atoms with Crippen LogP contribution < -0.4 is 10.5 Å². The van der Waals surface area contributed by atoms with Crippen molar-refractivity contribution in [3.8, 4) is 5.75 Å². The summed E-state index contributed by atoms with van der Waals surface area (Å²) in [6, 6.07) is 10.6. The number of ether oxygens (including phenoxy) is 1. The van der Waals surface area contributed by atoms with E-state index in [0.717, 1.165) is 29.5 Å². The second-order valence-electron chi connectivity index (χ2n) is 5.19. The molecule has 0 radical (unpaired) electrons. The summed E-state index contributed by atoms with van der Waals surface area (Å²) in [6.45, 7) is 0. The number of rotatable bonds is 3. The number of hydrogen-bond acceptors (Lipinski definition) is 2. The molecule has 2 N–H and O–H groups in total. The Labute approximate surface area is 115 Å². The van der Waals surface area contributed by atoms with Crippen molar-refractivity contribution < 1.29 is 4.74 Å². The Morgan fingerprint density at radius 1 is 1.22 bits per heavy atom. The molecule has 2 aromatic rings. The lowest BCUT2D eigenvalue weighted by molar-refractivity contribution is 0.408. The second-order valence-corrected chi connectivity index (χ2v) is 6.11. The molecule has 2 aromatic carbocycles. The quantitative estimate of drug-likeness (QED) is 0.939. The molecule has 1 aliphatic carbocycles. The normalized spacial score (nSPS) is 16.8. The van der Waals surface area contributed by atoms with E-state index in [4.69, 9.17) is 10.5 Å². The van der Waals surface area contributed by atoms with Crippen molar-refractivity contribution in [2.75, 3.05) is 7.11 Å². The molecule has 1 fully saturated rings. The van der Waals surface area contributed by atoms with Crippen LogP contribution in [0, 0.1) is 0 Å². The fourth-order valence-corrected chi connectivity index (χ4v) is 2.72. The molecule has 2 nitrogen and oxygen atoms in total. The summed E-state index contributed by atoms with van der Waals surface area (Å²) < 4.78 is 6.59. The molecule has 0 aliphatic heterocycles. The Kier molecular flexibility index (Phi) is 2.83. The van der Waals surface area contributed by atoms with Crippen molar-refractivity contribution in [1.82, 2.24) is 0 Å². The molecule has 0 atom stereocenters. The topological polar surface area (TPSA) is 35.2 Å². The van der Waals surface area contributed by atoms with Gasteiger partial charge in [0.05, 0.1) is 7.11 Å². The van der Waals surface area contributed by atoms with Crippen LogP contribution in [0.15, 0.2) is 34.8 Å². The van der Waals surface area contributed by atoms with Gasteiger partial charge in [0.25, 0.3) is 0 Å². The van der Waals surface area contributed by atoms with Gasteiger partial charge in [0.1, 0.15) is 5.75 Å². The van der Waals surface area contributed by atoms with Gasteiger partial charge in [0, 0.05) is 10.0 Å². The summed E-state index contributed by atoms with van der Waals surface area (Å²) >= 11 is 3.51. The third-order valence-electron chi connectivity index (χ3n) is 3.64. The minimum absolute atomic E-state index is 0.00691. The van der Waals surface area contributed by atoms with Crippen LogP contribution in [0.3, 0.4) is 0 Å². The Morgan fingerprint density at radius 3 is 2.67 bits per heavy atom. The highest BCUT2D eigenvalue weighted by Gasteiger charge is 2.38. The first kappa shape index (κ1) is 12.0. The summed E-state index contributed by atoms with van der Waals surface area (Å²) in [7, 11) is 1.72. The Morgan fingerprint density at radius 2 is 2.00 bits per heavy atom. The highest BCUT2D eigenvalue weighted by Crippen LogP contribution is 2.39. The van der Waals surface area contributed by atoms with Gasteiger partial charge in [-0.25, -0.2) is 0 Å². The Bertz CT molecular complexity index is 605. The van der Waals surface area contributed by atoms with E-state index < -0.39 is 0 Å². The molecular formula is C15H16BrNO. The van der Waals surface area contributed by atoms with E-state index in [2.05, 4.69) is 40.2 Å². The number of fused-ring (bicyclic) bond motifs is 1. The van der Waals surface area contributed by atoms with Gasteiger partial charge in [0.15, 0.2) is 0 Å². The molecule has 3 rings (SSSR count). The number of halogens is 1. The Hall–Kier alpha value is -1.06. The fourth-order valence-electron chi connectivity index (χ4n) is 2.34. The minimum Gasteiger partial charge on any atom is -0.496 e. The van der Waals surface area contributed by atoms with E-state index in [1.165, 1.54) is 16.3 Å². The lowest BCUT2D eigenvalue weighted by atomic mass is 9.99. The van der Waals surface area contributed by atoms with E-state index in [-0.39, 0.29) is 5.54 Å². The molecule has 0 amide bonds. The molecular weight excluding hydrogens is 290 g/mol. The zero-order valence-electron chi connectivity index (χ0n) is 10.4. The van der Waals surface area contributed by atoms with E-state index in [1.807, 2.05) is 6.07 Å². The van der Waals surface area contributed by atoms with Gasteiger partial charge < -0.3 is 10.5 Å². The smallest absolute Gasteiger partial charge is 0.122 e. The molecule has 0 heterocycles. The molecule has 18 heavy (non-hydrogen) atoms. The van der Waals surface area contributed by atoms with Gasteiger partial charge in [0.2, 0.25) is 0 Å². The predicted molar refractivity (Wildman–Crippen MR) is 78.1 cm³/mol. The Balaban J connectivity index is 2.10. The highest BCUT2D eigenvalue weighted by molar-refractivity contribution is 9.10. The maximum absolute atomic E-state index is 6.21. The largest absolute Gasteiger partial charge is 0.496 e. The average molecular weight is 306 g/mol. The molecule has 94 valence electrons. The number of hydrogen-bond donors (Lipinski definition) is 1. The van der Waals surface area contributed by atoms with Gasteiger partial charge in [-0.3, -0.25) is 0 Å². The lowest BCUT2D eigenvalue weighted by Crippen LogP contribution is -2.24. The summed E-state index contributed by atoms with van der Waals surface area (Å²) in [6.07, 6.45) is 3.14. The maximum Gasteiger partial charge on any atom is 0.122 e. The molecule has 3 heteroatoms. The van der Waals surface area contributed by atoms with Crippen LogP contribution in [0.1, 0.15) is 18.4 Å². The van der Waals surface area contributed by atoms with Gasteiger partial charge in [-0.15, -0.1) is 0 Å². The van der Waals surface area contributed by atoms with Crippen molar-refractivity contribution in [3.05, 3.63) is 40.4 Å². The van der Waals surface area contributed by atoms with E-state index in [0.29, 0.717) is 0 Å². The van der Waals surface area contributed by atoms with E-state index in [1.54, 1.807) is 7.11 Å². The summed E-state index contributed by atoms with van der Waals surface area (Å²) in [5.41, 5.74) is 7.43. The van der Waals surface area contributed by atoms with Gasteiger partial charge in [-0.05, 0) is 59.9 Å². The zero-order chi connectivity index (χ0) is 12.8. The van der Waals surface area contributed by atoms with E-state index >= 15 is 0 Å². The molecule has 0 spiro atoms. The molecule has 0 unspecified atom stereocenters. The van der Waals surface area contributed by atoms with Crippen LogP contribution in [0.2, 0.25) is 0 Å². The fraction of sp³-hybridized carbons (Fsp3) is 0.333. The number of methoxy groups -OCH3 is 1. The van der Waals surface area contributed by atoms with Crippen molar-refractivity contribution in [2.24, 2.45) is 5.73 Å². The van der Waals surface area contributed by atoms with Gasteiger partial charge >= 0.3 is 0 Å². The molecule has 0 aromatic heterocycles. The minimum atomic E-state index is 0.00691. The predicted octanol–water partition coefficient (Wildman–Crippen LogP) is 3.64. The first-order chi connectivity index (χ1) is 8.59. The van der Waals surface area contributed by atoms with Crippen molar-refractivity contribution >= 4 is 26.7 Å². The van der Waals surface area contributed by atoms with Crippen LogP contribution >= 0.6 is 15.9 Å². The molecule has 1 saturated carbocycles. The zero-order valence-corrected chi connectivity index (χ0v) is 12.0. The molecule has 0 saturated heterocycles. The second kappa shape index (κ2) is 4.25. The SMILES string of the molecule is COc1cc2ccc(Br)cc2cc1CC1(N)CC1. The van der Waals surface area contributed by atoms with E-state index in [9.17, 15) is 0 Å². The maximum atomic E-state index is 6.21. The standard InChI is InChI=1S/C15H16BrNO/c1-18-14-8-10-2-3-13(16)7-11(10)6-12(14)9-15(17)4-5-15/h2-3,6-8H,4-5,9,17H2,1H3. The van der Waals surface area contributed by atoms with Crippen molar-refractivity contribution in [2.45, 2.75) is 24.8 Å².